The largest absolute Gasteiger partial charge is 0.497 e. The Balaban J connectivity index is 1.74. The molecule has 7 heteroatoms. The van der Waals surface area contributed by atoms with Gasteiger partial charge in [0.15, 0.2) is 0 Å². The summed E-state index contributed by atoms with van der Waals surface area (Å²) in [7, 11) is 3.21. The Hall–Kier alpha value is -3.87. The molecule has 0 atom stereocenters. The summed E-state index contributed by atoms with van der Waals surface area (Å²) < 4.78 is 6.92. The fraction of sp³-hybridized carbons (Fsp3) is 0.269. The molecule has 0 aliphatic heterocycles. The van der Waals surface area contributed by atoms with Crippen LogP contribution in [0.25, 0.3) is 11.8 Å². The molecule has 1 aromatic heterocycles. The number of nitrogens with one attached hydrogen (secondary N) is 1. The number of hydrogen-bond acceptors (Lipinski definition) is 4. The lowest BCUT2D eigenvalue weighted by Crippen LogP contribution is -2.34. The molecule has 3 rings (SSSR count). The number of benzene rings is 2. The SMILES string of the molecule is COc1ccc(-n2nc(C(C)(C)C)cc2NC(=O)CN(C)C(=O)C=Cc2ccccc2)cc1. The molecule has 0 unspecified atom stereocenters. The molecule has 0 aliphatic carbocycles. The number of rotatable bonds is 7. The predicted molar refractivity (Wildman–Crippen MR) is 131 cm³/mol. The van der Waals surface area contributed by atoms with E-state index in [9.17, 15) is 9.59 Å². The molecule has 0 aliphatic rings. The van der Waals surface area contributed by atoms with Gasteiger partial charge in [0.2, 0.25) is 11.8 Å². The zero-order valence-electron chi connectivity index (χ0n) is 19.7. The van der Waals surface area contributed by atoms with Gasteiger partial charge < -0.3 is 15.0 Å². The maximum atomic E-state index is 12.8. The normalized spacial score (nSPS) is 11.4. The minimum absolute atomic E-state index is 0.0867. The number of likely N-dealkylation sites (N-methyl/N-ethyl adjacent to an activating group) is 1. The van der Waals surface area contributed by atoms with Gasteiger partial charge in [-0.25, -0.2) is 4.68 Å². The number of methoxy groups -OCH3 is 1. The first-order valence-electron chi connectivity index (χ1n) is 10.7. The first kappa shape index (κ1) is 23.8. The van der Waals surface area contributed by atoms with Crippen LogP contribution in [0, 0.1) is 0 Å². The Morgan fingerprint density at radius 1 is 1.09 bits per heavy atom. The van der Waals surface area contributed by atoms with E-state index < -0.39 is 0 Å². The van der Waals surface area contributed by atoms with Crippen LogP contribution in [0.4, 0.5) is 5.82 Å². The molecule has 0 fully saturated rings. The van der Waals surface area contributed by atoms with Crippen molar-refractivity contribution in [1.29, 1.82) is 0 Å². The molecule has 1 N–H and O–H groups in total. The first-order valence-corrected chi connectivity index (χ1v) is 10.7. The molecule has 3 aromatic rings. The Bertz CT molecular complexity index is 1130. The minimum atomic E-state index is -0.311. The Morgan fingerprint density at radius 3 is 2.36 bits per heavy atom. The monoisotopic (exact) mass is 446 g/mol. The molecule has 2 aromatic carbocycles. The second-order valence-corrected chi connectivity index (χ2v) is 8.76. The predicted octanol–water partition coefficient (Wildman–Crippen LogP) is 4.29. The third-order valence-corrected chi connectivity index (χ3v) is 5.04. The highest BCUT2D eigenvalue weighted by atomic mass is 16.5. The van der Waals surface area contributed by atoms with E-state index in [-0.39, 0.29) is 23.8 Å². The van der Waals surface area contributed by atoms with Gasteiger partial charge in [0.25, 0.3) is 0 Å². The van der Waals surface area contributed by atoms with Gasteiger partial charge in [-0.1, -0.05) is 51.1 Å². The van der Waals surface area contributed by atoms with E-state index in [1.807, 2.05) is 60.7 Å². The van der Waals surface area contributed by atoms with Gasteiger partial charge in [0.05, 0.1) is 25.0 Å². The van der Waals surface area contributed by atoms with Crippen molar-refractivity contribution in [1.82, 2.24) is 14.7 Å². The number of ether oxygens (including phenoxy) is 1. The second kappa shape index (κ2) is 10.2. The van der Waals surface area contributed by atoms with Crippen molar-refractivity contribution < 1.29 is 14.3 Å². The van der Waals surface area contributed by atoms with Crippen molar-refractivity contribution in [3.63, 3.8) is 0 Å². The molecule has 33 heavy (non-hydrogen) atoms. The number of nitrogens with zero attached hydrogens (tertiary/aromatic N) is 3. The molecule has 172 valence electrons. The van der Waals surface area contributed by atoms with Crippen LogP contribution in [0.2, 0.25) is 0 Å². The van der Waals surface area contributed by atoms with Crippen LogP contribution >= 0.6 is 0 Å². The van der Waals surface area contributed by atoms with Gasteiger partial charge >= 0.3 is 0 Å². The lowest BCUT2D eigenvalue weighted by Gasteiger charge is -2.15. The van der Waals surface area contributed by atoms with Crippen molar-refractivity contribution >= 4 is 23.7 Å². The molecular weight excluding hydrogens is 416 g/mol. The van der Waals surface area contributed by atoms with E-state index in [0.29, 0.717) is 5.82 Å². The maximum Gasteiger partial charge on any atom is 0.246 e. The number of amides is 2. The topological polar surface area (TPSA) is 76.5 Å². The van der Waals surface area contributed by atoms with Crippen LogP contribution in [-0.2, 0) is 15.0 Å². The van der Waals surface area contributed by atoms with Crippen molar-refractivity contribution in [2.24, 2.45) is 0 Å². The smallest absolute Gasteiger partial charge is 0.246 e. The minimum Gasteiger partial charge on any atom is -0.497 e. The maximum absolute atomic E-state index is 12.8. The second-order valence-electron chi connectivity index (χ2n) is 8.76. The molecular formula is C26H30N4O3. The van der Waals surface area contributed by atoms with Crippen molar-refractivity contribution in [2.45, 2.75) is 26.2 Å². The van der Waals surface area contributed by atoms with E-state index in [4.69, 9.17) is 9.84 Å². The van der Waals surface area contributed by atoms with Gasteiger partial charge in [0, 0.05) is 24.6 Å². The lowest BCUT2D eigenvalue weighted by atomic mass is 9.92. The van der Waals surface area contributed by atoms with E-state index in [1.165, 1.54) is 11.0 Å². The highest BCUT2D eigenvalue weighted by Crippen LogP contribution is 2.27. The van der Waals surface area contributed by atoms with Crippen LogP contribution in [0.1, 0.15) is 32.0 Å². The van der Waals surface area contributed by atoms with Crippen LogP contribution in [0.5, 0.6) is 5.75 Å². The van der Waals surface area contributed by atoms with E-state index in [1.54, 1.807) is 24.9 Å². The molecule has 0 saturated carbocycles. The Labute approximate surface area is 194 Å². The van der Waals surface area contributed by atoms with Gasteiger partial charge in [-0.05, 0) is 35.9 Å². The quantitative estimate of drug-likeness (QED) is 0.550. The Kier molecular flexibility index (Phi) is 7.33. The van der Waals surface area contributed by atoms with Gasteiger partial charge in [0.1, 0.15) is 11.6 Å². The van der Waals surface area contributed by atoms with Crippen LogP contribution in [0.15, 0.2) is 66.7 Å². The highest BCUT2D eigenvalue weighted by Gasteiger charge is 2.22. The molecule has 0 bridgehead atoms. The summed E-state index contributed by atoms with van der Waals surface area (Å²) >= 11 is 0. The summed E-state index contributed by atoms with van der Waals surface area (Å²) in [6.45, 7) is 6.09. The number of hydrogen-bond donors (Lipinski definition) is 1. The van der Waals surface area contributed by atoms with Crippen LogP contribution in [0.3, 0.4) is 0 Å². The molecule has 1 heterocycles. The third kappa shape index (κ3) is 6.32. The summed E-state index contributed by atoms with van der Waals surface area (Å²) in [5, 5.41) is 7.61. The molecule has 0 saturated heterocycles. The number of anilines is 1. The summed E-state index contributed by atoms with van der Waals surface area (Å²) in [4.78, 5) is 26.5. The summed E-state index contributed by atoms with van der Waals surface area (Å²) in [6.07, 6.45) is 3.19. The molecule has 0 radical (unpaired) electrons. The fourth-order valence-corrected chi connectivity index (χ4v) is 3.09. The highest BCUT2D eigenvalue weighted by molar-refractivity contribution is 5.97. The average Bonchev–Trinajstić information content (AvgIpc) is 3.22. The van der Waals surface area contributed by atoms with Crippen LogP contribution in [-0.4, -0.2) is 47.2 Å². The molecule has 2 amide bonds. The first-order chi connectivity index (χ1) is 15.7. The number of carbonyl (C=O) groups is 2. The summed E-state index contributed by atoms with van der Waals surface area (Å²) in [5.41, 5.74) is 2.34. The molecule has 7 nitrogen and oxygen atoms in total. The van der Waals surface area contributed by atoms with Crippen LogP contribution < -0.4 is 10.1 Å². The Morgan fingerprint density at radius 2 is 1.76 bits per heavy atom. The van der Waals surface area contributed by atoms with Gasteiger partial charge in [-0.3, -0.25) is 9.59 Å². The number of aromatic nitrogens is 2. The van der Waals surface area contributed by atoms with Crippen molar-refractivity contribution in [3.05, 3.63) is 78.0 Å². The summed E-state index contributed by atoms with van der Waals surface area (Å²) in [5.74, 6) is 0.703. The van der Waals surface area contributed by atoms with Crippen molar-refractivity contribution in [2.75, 3.05) is 26.0 Å². The van der Waals surface area contributed by atoms with E-state index in [2.05, 4.69) is 26.1 Å². The third-order valence-electron chi connectivity index (χ3n) is 5.04. The fourth-order valence-electron chi connectivity index (χ4n) is 3.09. The van der Waals surface area contributed by atoms with Gasteiger partial charge in [-0.2, -0.15) is 5.10 Å². The standard InChI is InChI=1S/C26H30N4O3/c1-26(2,3)22-17-23(30(28-22)20-12-14-21(33-5)15-13-20)27-24(31)18-29(4)25(32)16-11-19-9-7-6-8-10-19/h6-17H,18H2,1-5H3,(H,27,31). The number of carbonyl (C=O) groups excluding carboxylic acids is 2. The zero-order chi connectivity index (χ0) is 24.0. The van der Waals surface area contributed by atoms with E-state index >= 15 is 0 Å². The average molecular weight is 447 g/mol. The van der Waals surface area contributed by atoms with E-state index in [0.717, 1.165) is 22.7 Å². The zero-order valence-corrected chi connectivity index (χ0v) is 19.7. The summed E-state index contributed by atoms with van der Waals surface area (Å²) in [6, 6.07) is 18.8. The molecule has 0 spiro atoms. The lowest BCUT2D eigenvalue weighted by molar-refractivity contribution is -0.129. The van der Waals surface area contributed by atoms with Gasteiger partial charge in [-0.15, -0.1) is 0 Å². The van der Waals surface area contributed by atoms with Crippen molar-refractivity contribution in [3.8, 4) is 11.4 Å².